The van der Waals surface area contributed by atoms with Gasteiger partial charge in [-0.05, 0) is 36.8 Å². The molecule has 0 aliphatic heterocycles. The standard InChI is InChI=1S/C16H20N2O/c1-12(2)18-11-14-6-8-15(9-7-14)19-16-5-4-10-17-13(16)3/h4-10,12,18H,11H2,1-3H3. The summed E-state index contributed by atoms with van der Waals surface area (Å²) in [5.41, 5.74) is 2.15. The number of aryl methyl sites for hydroxylation is 1. The van der Waals surface area contributed by atoms with E-state index < -0.39 is 0 Å². The van der Waals surface area contributed by atoms with Gasteiger partial charge in [-0.2, -0.15) is 0 Å². The van der Waals surface area contributed by atoms with E-state index in [1.54, 1.807) is 6.20 Å². The third-order valence-electron chi connectivity index (χ3n) is 2.82. The van der Waals surface area contributed by atoms with E-state index in [-0.39, 0.29) is 0 Å². The Kier molecular flexibility index (Phi) is 4.53. The van der Waals surface area contributed by atoms with Crippen molar-refractivity contribution in [3.05, 3.63) is 53.9 Å². The Balaban J connectivity index is 2.01. The van der Waals surface area contributed by atoms with Gasteiger partial charge in [-0.3, -0.25) is 4.98 Å². The van der Waals surface area contributed by atoms with Crippen molar-refractivity contribution in [3.63, 3.8) is 0 Å². The van der Waals surface area contributed by atoms with Gasteiger partial charge in [0.1, 0.15) is 11.5 Å². The highest BCUT2D eigenvalue weighted by Gasteiger charge is 2.02. The predicted octanol–water partition coefficient (Wildman–Crippen LogP) is 3.68. The molecule has 0 fully saturated rings. The van der Waals surface area contributed by atoms with E-state index in [4.69, 9.17) is 4.74 Å². The maximum atomic E-state index is 5.81. The van der Waals surface area contributed by atoms with E-state index in [9.17, 15) is 0 Å². The van der Waals surface area contributed by atoms with Crippen LogP contribution in [-0.4, -0.2) is 11.0 Å². The van der Waals surface area contributed by atoms with Gasteiger partial charge < -0.3 is 10.1 Å². The van der Waals surface area contributed by atoms with E-state index in [2.05, 4.69) is 36.3 Å². The van der Waals surface area contributed by atoms with Gasteiger partial charge in [0.25, 0.3) is 0 Å². The second-order valence-corrected chi connectivity index (χ2v) is 4.87. The highest BCUT2D eigenvalue weighted by Crippen LogP contribution is 2.23. The van der Waals surface area contributed by atoms with Gasteiger partial charge in [-0.1, -0.05) is 26.0 Å². The molecule has 2 rings (SSSR count). The molecular weight excluding hydrogens is 236 g/mol. The molecule has 0 spiro atoms. The molecule has 1 aromatic carbocycles. The third kappa shape index (κ3) is 4.07. The Labute approximate surface area is 114 Å². The van der Waals surface area contributed by atoms with Gasteiger partial charge in [0.15, 0.2) is 0 Å². The van der Waals surface area contributed by atoms with Crippen LogP contribution in [0.4, 0.5) is 0 Å². The zero-order valence-electron chi connectivity index (χ0n) is 11.7. The first-order chi connectivity index (χ1) is 9.15. The molecule has 0 bridgehead atoms. The maximum absolute atomic E-state index is 5.81. The van der Waals surface area contributed by atoms with Gasteiger partial charge in [-0.15, -0.1) is 0 Å². The van der Waals surface area contributed by atoms with E-state index in [1.807, 2.05) is 31.2 Å². The molecule has 0 saturated heterocycles. The molecular formula is C16H20N2O. The van der Waals surface area contributed by atoms with Crippen molar-refractivity contribution in [1.29, 1.82) is 0 Å². The van der Waals surface area contributed by atoms with E-state index in [0.717, 1.165) is 23.7 Å². The average molecular weight is 256 g/mol. The van der Waals surface area contributed by atoms with Crippen LogP contribution in [0.1, 0.15) is 25.1 Å². The summed E-state index contributed by atoms with van der Waals surface area (Å²) in [7, 11) is 0. The lowest BCUT2D eigenvalue weighted by Gasteiger charge is -2.10. The molecule has 1 aromatic heterocycles. The minimum Gasteiger partial charge on any atom is -0.455 e. The first kappa shape index (κ1) is 13.6. The summed E-state index contributed by atoms with van der Waals surface area (Å²) in [5.74, 6) is 1.64. The zero-order valence-corrected chi connectivity index (χ0v) is 11.7. The molecule has 0 saturated carbocycles. The average Bonchev–Trinajstić information content (AvgIpc) is 2.40. The van der Waals surface area contributed by atoms with E-state index >= 15 is 0 Å². The number of hydrogen-bond acceptors (Lipinski definition) is 3. The number of pyridine rings is 1. The fourth-order valence-corrected chi connectivity index (χ4v) is 1.70. The molecule has 19 heavy (non-hydrogen) atoms. The largest absolute Gasteiger partial charge is 0.455 e. The van der Waals surface area contributed by atoms with Crippen LogP contribution in [0.25, 0.3) is 0 Å². The molecule has 0 aliphatic carbocycles. The van der Waals surface area contributed by atoms with Gasteiger partial charge in [0.2, 0.25) is 0 Å². The second-order valence-electron chi connectivity index (χ2n) is 4.87. The zero-order chi connectivity index (χ0) is 13.7. The van der Waals surface area contributed by atoms with Crippen LogP contribution in [0.15, 0.2) is 42.6 Å². The lowest BCUT2D eigenvalue weighted by Crippen LogP contribution is -2.21. The number of ether oxygens (including phenoxy) is 1. The molecule has 0 radical (unpaired) electrons. The van der Waals surface area contributed by atoms with Crippen molar-refractivity contribution in [2.45, 2.75) is 33.4 Å². The maximum Gasteiger partial charge on any atom is 0.148 e. The van der Waals surface area contributed by atoms with Crippen molar-refractivity contribution in [2.24, 2.45) is 0 Å². The van der Waals surface area contributed by atoms with Crippen LogP contribution in [-0.2, 0) is 6.54 Å². The SMILES string of the molecule is Cc1ncccc1Oc1ccc(CNC(C)C)cc1. The van der Waals surface area contributed by atoms with Gasteiger partial charge in [0.05, 0.1) is 5.69 Å². The summed E-state index contributed by atoms with van der Waals surface area (Å²) < 4.78 is 5.81. The Hall–Kier alpha value is -1.87. The number of hydrogen-bond donors (Lipinski definition) is 1. The Morgan fingerprint density at radius 3 is 2.53 bits per heavy atom. The minimum absolute atomic E-state index is 0.494. The smallest absolute Gasteiger partial charge is 0.148 e. The van der Waals surface area contributed by atoms with Crippen molar-refractivity contribution in [1.82, 2.24) is 10.3 Å². The lowest BCUT2D eigenvalue weighted by atomic mass is 10.2. The molecule has 1 heterocycles. The molecule has 0 aliphatic rings. The number of benzene rings is 1. The summed E-state index contributed by atoms with van der Waals surface area (Å²) in [6.45, 7) is 7.10. The Morgan fingerprint density at radius 2 is 1.89 bits per heavy atom. The lowest BCUT2D eigenvalue weighted by molar-refractivity contribution is 0.475. The fraction of sp³-hybridized carbons (Fsp3) is 0.312. The molecule has 0 amide bonds. The fourth-order valence-electron chi connectivity index (χ4n) is 1.70. The van der Waals surface area contributed by atoms with Crippen molar-refractivity contribution < 1.29 is 4.74 Å². The number of rotatable bonds is 5. The highest BCUT2D eigenvalue weighted by atomic mass is 16.5. The van der Waals surface area contributed by atoms with Crippen LogP contribution in [0.3, 0.4) is 0 Å². The summed E-state index contributed by atoms with van der Waals surface area (Å²) in [4.78, 5) is 4.21. The Morgan fingerprint density at radius 1 is 1.16 bits per heavy atom. The molecule has 100 valence electrons. The monoisotopic (exact) mass is 256 g/mol. The van der Waals surface area contributed by atoms with Crippen LogP contribution >= 0.6 is 0 Å². The molecule has 2 aromatic rings. The van der Waals surface area contributed by atoms with Crippen molar-refractivity contribution in [2.75, 3.05) is 0 Å². The normalized spacial score (nSPS) is 10.7. The first-order valence-corrected chi connectivity index (χ1v) is 6.57. The van der Waals surface area contributed by atoms with Crippen LogP contribution in [0.5, 0.6) is 11.5 Å². The Bertz CT molecular complexity index is 521. The summed E-state index contributed by atoms with van der Waals surface area (Å²) in [6.07, 6.45) is 1.77. The van der Waals surface area contributed by atoms with Gasteiger partial charge in [0, 0.05) is 18.8 Å². The van der Waals surface area contributed by atoms with Crippen LogP contribution in [0, 0.1) is 6.92 Å². The summed E-state index contributed by atoms with van der Waals surface area (Å²) in [5, 5.41) is 3.39. The van der Waals surface area contributed by atoms with Crippen LogP contribution in [0.2, 0.25) is 0 Å². The minimum atomic E-state index is 0.494. The van der Waals surface area contributed by atoms with E-state index in [0.29, 0.717) is 6.04 Å². The predicted molar refractivity (Wildman–Crippen MR) is 77.5 cm³/mol. The quantitative estimate of drug-likeness (QED) is 0.886. The summed E-state index contributed by atoms with van der Waals surface area (Å²) in [6, 6.07) is 12.4. The highest BCUT2D eigenvalue weighted by molar-refractivity contribution is 5.34. The third-order valence-corrected chi connectivity index (χ3v) is 2.82. The molecule has 3 heteroatoms. The van der Waals surface area contributed by atoms with E-state index in [1.165, 1.54) is 5.56 Å². The molecule has 3 nitrogen and oxygen atoms in total. The topological polar surface area (TPSA) is 34.1 Å². The molecule has 0 atom stereocenters. The number of nitrogens with one attached hydrogen (secondary N) is 1. The first-order valence-electron chi connectivity index (χ1n) is 6.57. The number of aromatic nitrogens is 1. The van der Waals surface area contributed by atoms with Gasteiger partial charge in [-0.25, -0.2) is 0 Å². The van der Waals surface area contributed by atoms with Gasteiger partial charge >= 0.3 is 0 Å². The van der Waals surface area contributed by atoms with Crippen LogP contribution < -0.4 is 10.1 Å². The second kappa shape index (κ2) is 6.34. The van der Waals surface area contributed by atoms with Crippen molar-refractivity contribution in [3.8, 4) is 11.5 Å². The number of nitrogens with zero attached hydrogens (tertiary/aromatic N) is 1. The summed E-state index contributed by atoms with van der Waals surface area (Å²) >= 11 is 0. The van der Waals surface area contributed by atoms with Crippen molar-refractivity contribution >= 4 is 0 Å². The molecule has 0 unspecified atom stereocenters. The molecule has 1 N–H and O–H groups in total.